The van der Waals surface area contributed by atoms with Crippen LogP contribution >= 0.6 is 0 Å². The molecule has 2 amide bonds. The second-order valence-electron chi connectivity index (χ2n) is 6.96. The maximum absolute atomic E-state index is 12.1. The minimum absolute atomic E-state index is 0.0180. The molecule has 0 spiro atoms. The third-order valence-electron chi connectivity index (χ3n) is 4.68. The van der Waals surface area contributed by atoms with Crippen LogP contribution in [0.25, 0.3) is 0 Å². The second kappa shape index (κ2) is 8.91. The third kappa shape index (κ3) is 5.93. The Hall–Kier alpha value is -2.25. The first-order valence-corrected chi connectivity index (χ1v) is 9.19. The molecule has 1 heterocycles. The van der Waals surface area contributed by atoms with Crippen molar-refractivity contribution in [2.75, 3.05) is 45.8 Å². The highest BCUT2D eigenvalue weighted by Gasteiger charge is 2.25. The largest absolute Gasteiger partial charge is 0.352 e. The van der Waals surface area contributed by atoms with Gasteiger partial charge in [-0.2, -0.15) is 0 Å². The maximum Gasteiger partial charge on any atom is 0.234 e. The van der Waals surface area contributed by atoms with E-state index in [1.807, 2.05) is 6.07 Å². The van der Waals surface area contributed by atoms with E-state index >= 15 is 0 Å². The molecule has 1 saturated carbocycles. The van der Waals surface area contributed by atoms with Crippen molar-refractivity contribution in [1.82, 2.24) is 20.4 Å². The number of hydrogen-bond donors (Lipinski definition) is 2. The predicted molar refractivity (Wildman–Crippen MR) is 97.8 cm³/mol. The molecule has 3 rings (SSSR count). The fourth-order valence-electron chi connectivity index (χ4n) is 2.97. The van der Waals surface area contributed by atoms with Gasteiger partial charge in [0.25, 0.3) is 0 Å². The summed E-state index contributed by atoms with van der Waals surface area (Å²) in [4.78, 5) is 40.0. The quantitative estimate of drug-likeness (QED) is 0.634. The van der Waals surface area contributed by atoms with Crippen molar-refractivity contribution in [2.24, 2.45) is 0 Å². The van der Waals surface area contributed by atoms with Gasteiger partial charge in [0, 0.05) is 37.8 Å². The van der Waals surface area contributed by atoms with Gasteiger partial charge in [-0.25, -0.2) is 0 Å². The number of carbonyl (C=O) groups excluding carboxylic acids is 3. The number of rotatable bonds is 8. The number of nitrogens with zero attached hydrogens (tertiary/aromatic N) is 2. The highest BCUT2D eigenvalue weighted by Crippen LogP contribution is 2.18. The normalized spacial score (nSPS) is 18.3. The minimum Gasteiger partial charge on any atom is -0.352 e. The van der Waals surface area contributed by atoms with E-state index in [2.05, 4.69) is 20.4 Å². The van der Waals surface area contributed by atoms with Crippen molar-refractivity contribution in [3.05, 3.63) is 35.9 Å². The fourth-order valence-corrected chi connectivity index (χ4v) is 2.97. The number of nitrogens with one attached hydrogen (secondary N) is 2. The van der Waals surface area contributed by atoms with Crippen molar-refractivity contribution >= 4 is 17.6 Å². The van der Waals surface area contributed by atoms with Crippen LogP contribution < -0.4 is 10.6 Å². The zero-order valence-corrected chi connectivity index (χ0v) is 14.9. The zero-order chi connectivity index (χ0) is 18.4. The second-order valence-corrected chi connectivity index (χ2v) is 6.96. The molecular formula is C19H26N4O3. The maximum atomic E-state index is 12.1. The predicted octanol–water partition coefficient (Wildman–Crippen LogP) is -0.118. The van der Waals surface area contributed by atoms with Gasteiger partial charge in [-0.05, 0) is 12.8 Å². The van der Waals surface area contributed by atoms with Crippen molar-refractivity contribution in [1.29, 1.82) is 0 Å². The Balaban J connectivity index is 1.31. The van der Waals surface area contributed by atoms with Crippen LogP contribution in [0.2, 0.25) is 0 Å². The van der Waals surface area contributed by atoms with Crippen LogP contribution in [-0.2, 0) is 9.59 Å². The molecule has 0 unspecified atom stereocenters. The van der Waals surface area contributed by atoms with Gasteiger partial charge >= 0.3 is 0 Å². The summed E-state index contributed by atoms with van der Waals surface area (Å²) in [5.74, 6) is -0.141. The minimum atomic E-state index is -0.144. The van der Waals surface area contributed by atoms with E-state index in [0.29, 0.717) is 18.2 Å². The van der Waals surface area contributed by atoms with Crippen LogP contribution in [-0.4, -0.2) is 79.3 Å². The average molecular weight is 358 g/mol. The Kier molecular flexibility index (Phi) is 6.35. The van der Waals surface area contributed by atoms with E-state index in [1.54, 1.807) is 24.3 Å². The van der Waals surface area contributed by atoms with Crippen molar-refractivity contribution in [3.63, 3.8) is 0 Å². The molecular weight excluding hydrogens is 332 g/mol. The summed E-state index contributed by atoms with van der Waals surface area (Å²) in [7, 11) is 0. The van der Waals surface area contributed by atoms with Crippen molar-refractivity contribution in [2.45, 2.75) is 18.9 Å². The van der Waals surface area contributed by atoms with Gasteiger partial charge < -0.3 is 10.6 Å². The molecule has 26 heavy (non-hydrogen) atoms. The molecule has 7 heteroatoms. The monoisotopic (exact) mass is 358 g/mol. The third-order valence-corrected chi connectivity index (χ3v) is 4.68. The first-order chi connectivity index (χ1) is 12.6. The summed E-state index contributed by atoms with van der Waals surface area (Å²) in [5.41, 5.74) is 0.603. The Labute approximate surface area is 153 Å². The highest BCUT2D eigenvalue weighted by molar-refractivity contribution is 5.99. The number of piperazine rings is 1. The summed E-state index contributed by atoms with van der Waals surface area (Å²) < 4.78 is 0. The summed E-state index contributed by atoms with van der Waals surface area (Å²) >= 11 is 0. The van der Waals surface area contributed by atoms with Gasteiger partial charge in [-0.3, -0.25) is 24.2 Å². The number of carbonyl (C=O) groups is 3. The highest BCUT2D eigenvalue weighted by atomic mass is 16.2. The summed E-state index contributed by atoms with van der Waals surface area (Å²) in [6.07, 6.45) is 2.20. The van der Waals surface area contributed by atoms with E-state index in [4.69, 9.17) is 0 Å². The van der Waals surface area contributed by atoms with Crippen LogP contribution in [0.15, 0.2) is 30.3 Å². The topological polar surface area (TPSA) is 81.8 Å². The van der Waals surface area contributed by atoms with Gasteiger partial charge in [0.1, 0.15) is 0 Å². The number of amides is 2. The van der Waals surface area contributed by atoms with E-state index in [0.717, 1.165) is 39.0 Å². The Morgan fingerprint density at radius 1 is 0.885 bits per heavy atom. The lowest BCUT2D eigenvalue weighted by Gasteiger charge is -2.33. The molecule has 0 radical (unpaired) electrons. The Bertz CT molecular complexity index is 637. The van der Waals surface area contributed by atoms with Gasteiger partial charge in [-0.1, -0.05) is 30.3 Å². The van der Waals surface area contributed by atoms with E-state index in [9.17, 15) is 14.4 Å². The molecule has 2 fully saturated rings. The molecule has 2 N–H and O–H groups in total. The van der Waals surface area contributed by atoms with Crippen molar-refractivity contribution < 1.29 is 14.4 Å². The zero-order valence-electron chi connectivity index (χ0n) is 14.9. The molecule has 1 aliphatic heterocycles. The van der Waals surface area contributed by atoms with Gasteiger partial charge in [0.15, 0.2) is 5.78 Å². The average Bonchev–Trinajstić information content (AvgIpc) is 3.46. The molecule has 0 bridgehead atoms. The van der Waals surface area contributed by atoms with Gasteiger partial charge in [0.2, 0.25) is 11.8 Å². The van der Waals surface area contributed by atoms with Gasteiger partial charge in [0.05, 0.1) is 19.6 Å². The fraction of sp³-hybridized carbons (Fsp3) is 0.526. The first-order valence-electron chi connectivity index (χ1n) is 9.19. The number of hydrogen-bond acceptors (Lipinski definition) is 5. The Morgan fingerprint density at radius 3 is 2.04 bits per heavy atom. The lowest BCUT2D eigenvalue weighted by molar-refractivity contribution is -0.125. The van der Waals surface area contributed by atoms with Gasteiger partial charge in [-0.15, -0.1) is 0 Å². The van der Waals surface area contributed by atoms with Crippen LogP contribution in [0.3, 0.4) is 0 Å². The van der Waals surface area contributed by atoms with Crippen LogP contribution in [0.1, 0.15) is 23.2 Å². The molecule has 1 aromatic carbocycles. The number of ketones is 1. The molecule has 1 aromatic rings. The smallest absolute Gasteiger partial charge is 0.234 e. The summed E-state index contributed by atoms with van der Waals surface area (Å²) in [6.45, 7) is 3.77. The van der Waals surface area contributed by atoms with Crippen LogP contribution in [0, 0.1) is 0 Å². The molecule has 1 aliphatic carbocycles. The van der Waals surface area contributed by atoms with E-state index in [-0.39, 0.29) is 30.7 Å². The molecule has 2 aliphatic rings. The molecule has 1 saturated heterocycles. The van der Waals surface area contributed by atoms with Crippen LogP contribution in [0.5, 0.6) is 0 Å². The van der Waals surface area contributed by atoms with Crippen LogP contribution in [0.4, 0.5) is 0 Å². The van der Waals surface area contributed by atoms with E-state index < -0.39 is 0 Å². The summed E-state index contributed by atoms with van der Waals surface area (Å²) in [6, 6.07) is 9.34. The Morgan fingerprint density at radius 2 is 1.46 bits per heavy atom. The summed E-state index contributed by atoms with van der Waals surface area (Å²) in [5, 5.41) is 5.69. The van der Waals surface area contributed by atoms with Crippen molar-refractivity contribution in [3.8, 4) is 0 Å². The lowest BCUT2D eigenvalue weighted by atomic mass is 10.1. The molecule has 7 nitrogen and oxygen atoms in total. The van der Waals surface area contributed by atoms with E-state index in [1.165, 1.54) is 0 Å². The lowest BCUT2D eigenvalue weighted by Crippen LogP contribution is -2.51. The SMILES string of the molecule is O=C(CN1CCN(CC(=O)NC2CC2)CC1)NCC(=O)c1ccccc1. The number of Topliss-reactive ketones (excluding diaryl/α,β-unsaturated/α-hetero) is 1. The number of benzene rings is 1. The first kappa shape index (κ1) is 18.5. The molecule has 140 valence electrons. The molecule has 0 aromatic heterocycles. The molecule has 0 atom stereocenters. The standard InChI is InChI=1S/C19H26N4O3/c24-17(15-4-2-1-3-5-15)12-20-18(25)13-22-8-10-23(11-9-22)14-19(26)21-16-6-7-16/h1-5,16H,6-14H2,(H,20,25)(H,21,26).